The van der Waals surface area contributed by atoms with E-state index in [2.05, 4.69) is 0 Å². The molecule has 262 valence electrons. The van der Waals surface area contributed by atoms with Gasteiger partial charge in [0.05, 0.1) is 28.8 Å². The van der Waals surface area contributed by atoms with Crippen molar-refractivity contribution >= 4 is 24.2 Å². The Hall–Kier alpha value is -2.42. The molecule has 10 unspecified atom stereocenters. The third kappa shape index (κ3) is 5.27. The van der Waals surface area contributed by atoms with E-state index in [9.17, 15) is 34.5 Å². The molecule has 4 saturated carbocycles. The highest BCUT2D eigenvalue weighted by atomic mass is 16.7. The zero-order valence-electron chi connectivity index (χ0n) is 27.7. The predicted octanol–water partition coefficient (Wildman–Crippen LogP) is 1.52. The average Bonchev–Trinajstić information content (AvgIpc) is 3.54. The summed E-state index contributed by atoms with van der Waals surface area (Å²) in [5.74, 6) is -2.75. The standard InChI is InChI=1S/C34H48O13/c1-17-28(46-19(3)37)29(42-5)27(39)30(44-17)47-21-6-9-32(16-35)26-23(7-10-33(32,40)13-21)34(41)11-8-22(20-12-25(38)43-15-20)31(34,4)14-24(26)45-18(2)36/h12,16-17,21-24,26-30,39-41H,6-11,13-15H2,1-5H3/t17?,21?,22?,23?,24?,26?,27?,28?,29?,30?,31-,32-,33-,34-/m0/s1. The molecular weight excluding hydrogens is 616 g/mol. The van der Waals surface area contributed by atoms with Crippen LogP contribution in [0.5, 0.6) is 0 Å². The van der Waals surface area contributed by atoms with E-state index in [0.29, 0.717) is 25.7 Å². The number of hydrogen-bond donors (Lipinski definition) is 3. The Kier molecular flexibility index (Phi) is 8.92. The second-order valence-electron chi connectivity index (χ2n) is 14.9. The monoisotopic (exact) mass is 664 g/mol. The number of aliphatic hydroxyl groups excluding tert-OH is 1. The van der Waals surface area contributed by atoms with Crippen LogP contribution in [0.2, 0.25) is 0 Å². The lowest BCUT2D eigenvalue weighted by atomic mass is 9.41. The minimum Gasteiger partial charge on any atom is -0.462 e. The van der Waals surface area contributed by atoms with Crippen LogP contribution in [0.15, 0.2) is 11.6 Å². The van der Waals surface area contributed by atoms with Gasteiger partial charge in [-0.2, -0.15) is 0 Å². The Balaban J connectivity index is 1.27. The number of hydrogen-bond acceptors (Lipinski definition) is 13. The summed E-state index contributed by atoms with van der Waals surface area (Å²) in [5.41, 5.74) is -4.08. The molecule has 6 aliphatic rings. The number of rotatable bonds is 7. The molecule has 2 heterocycles. The Labute approximate surface area is 274 Å². The minimum atomic E-state index is -1.56. The van der Waals surface area contributed by atoms with Gasteiger partial charge in [0, 0.05) is 44.8 Å². The summed E-state index contributed by atoms with van der Waals surface area (Å²) < 4.78 is 34.2. The molecule has 0 bridgehead atoms. The van der Waals surface area contributed by atoms with E-state index in [1.165, 1.54) is 27.0 Å². The average molecular weight is 665 g/mol. The Morgan fingerprint density at radius 2 is 1.74 bits per heavy atom. The number of methoxy groups -OCH3 is 1. The molecule has 0 aromatic carbocycles. The molecule has 13 heteroatoms. The molecule has 47 heavy (non-hydrogen) atoms. The quantitative estimate of drug-likeness (QED) is 0.154. The fourth-order valence-corrected chi connectivity index (χ4v) is 10.7. The van der Waals surface area contributed by atoms with Crippen LogP contribution in [0, 0.1) is 28.6 Å². The fourth-order valence-electron chi connectivity index (χ4n) is 10.7. The molecule has 0 spiro atoms. The highest BCUT2D eigenvalue weighted by molar-refractivity contribution is 5.85. The van der Waals surface area contributed by atoms with Gasteiger partial charge in [0.1, 0.15) is 31.2 Å². The topological polar surface area (TPSA) is 184 Å². The predicted molar refractivity (Wildman–Crippen MR) is 160 cm³/mol. The lowest BCUT2D eigenvalue weighted by Crippen LogP contribution is -2.72. The normalized spacial score (nSPS) is 49.1. The first kappa shape index (κ1) is 34.4. The van der Waals surface area contributed by atoms with Crippen molar-refractivity contribution in [1.29, 1.82) is 0 Å². The summed E-state index contributed by atoms with van der Waals surface area (Å²) in [5, 5.41) is 36.2. The molecule has 14 atom stereocenters. The third-order valence-corrected chi connectivity index (χ3v) is 12.7. The summed E-state index contributed by atoms with van der Waals surface area (Å²) in [6.07, 6.45) is -1.45. The zero-order valence-corrected chi connectivity index (χ0v) is 27.7. The molecule has 5 fully saturated rings. The van der Waals surface area contributed by atoms with Gasteiger partial charge in [0.2, 0.25) is 0 Å². The number of aliphatic hydroxyl groups is 3. The Bertz CT molecular complexity index is 1320. The molecule has 0 amide bonds. The number of esters is 3. The van der Waals surface area contributed by atoms with Crippen LogP contribution < -0.4 is 0 Å². The van der Waals surface area contributed by atoms with Gasteiger partial charge in [0.15, 0.2) is 12.4 Å². The van der Waals surface area contributed by atoms with Crippen molar-refractivity contribution < 1.29 is 62.9 Å². The van der Waals surface area contributed by atoms with Gasteiger partial charge in [-0.25, -0.2) is 4.79 Å². The first-order valence-electron chi connectivity index (χ1n) is 16.8. The maximum Gasteiger partial charge on any atom is 0.331 e. The van der Waals surface area contributed by atoms with Gasteiger partial charge in [-0.05, 0) is 69.3 Å². The van der Waals surface area contributed by atoms with E-state index < -0.39 is 94.7 Å². The van der Waals surface area contributed by atoms with Crippen LogP contribution in [-0.2, 0) is 47.6 Å². The van der Waals surface area contributed by atoms with Gasteiger partial charge >= 0.3 is 17.9 Å². The lowest BCUT2D eigenvalue weighted by molar-refractivity contribution is -0.323. The van der Waals surface area contributed by atoms with Gasteiger partial charge in [-0.3, -0.25) is 9.59 Å². The van der Waals surface area contributed by atoms with E-state index in [4.69, 9.17) is 28.4 Å². The van der Waals surface area contributed by atoms with Crippen LogP contribution in [-0.4, -0.2) is 107 Å². The molecule has 4 aliphatic carbocycles. The van der Waals surface area contributed by atoms with Gasteiger partial charge in [-0.15, -0.1) is 0 Å². The summed E-state index contributed by atoms with van der Waals surface area (Å²) in [6.45, 7) is 6.41. The van der Waals surface area contributed by atoms with Gasteiger partial charge in [0.25, 0.3) is 0 Å². The van der Waals surface area contributed by atoms with Crippen LogP contribution in [0.25, 0.3) is 0 Å². The minimum absolute atomic E-state index is 0.0540. The third-order valence-electron chi connectivity index (χ3n) is 12.7. The highest BCUT2D eigenvalue weighted by Gasteiger charge is 2.74. The number of aldehydes is 1. The van der Waals surface area contributed by atoms with Crippen molar-refractivity contribution in [1.82, 2.24) is 0 Å². The SMILES string of the molecule is COC1C(O)C(OC2CC[C@]3(C=O)C4C(OC(C)=O)C[C@@]5(C)C(C6=CC(=O)OC6)CC[C@]5(O)C4CC[C@]3(O)C2)OC(C)C1OC(C)=O. The van der Waals surface area contributed by atoms with Crippen LogP contribution >= 0.6 is 0 Å². The second kappa shape index (κ2) is 12.2. The molecule has 0 aromatic heterocycles. The molecule has 13 nitrogen and oxygen atoms in total. The van der Waals surface area contributed by atoms with Crippen molar-refractivity contribution in [3.63, 3.8) is 0 Å². The highest BCUT2D eigenvalue weighted by Crippen LogP contribution is 2.71. The van der Waals surface area contributed by atoms with Crippen LogP contribution in [0.3, 0.4) is 0 Å². The number of cyclic esters (lactones) is 1. The number of carbonyl (C=O) groups excluding carboxylic acids is 4. The van der Waals surface area contributed by atoms with E-state index in [0.717, 1.165) is 11.9 Å². The fraction of sp³-hybridized carbons (Fsp3) is 0.824. The maximum absolute atomic E-state index is 13.4. The molecule has 1 saturated heterocycles. The second-order valence-corrected chi connectivity index (χ2v) is 14.9. The largest absolute Gasteiger partial charge is 0.462 e. The number of ether oxygens (including phenoxy) is 6. The van der Waals surface area contributed by atoms with Gasteiger partial charge < -0.3 is 48.5 Å². The van der Waals surface area contributed by atoms with Crippen molar-refractivity contribution in [2.75, 3.05) is 13.7 Å². The first-order valence-corrected chi connectivity index (χ1v) is 16.8. The Morgan fingerprint density at radius 1 is 1.02 bits per heavy atom. The van der Waals surface area contributed by atoms with E-state index in [1.807, 2.05) is 6.92 Å². The molecule has 2 aliphatic heterocycles. The van der Waals surface area contributed by atoms with Crippen molar-refractivity contribution in [2.24, 2.45) is 28.6 Å². The smallest absolute Gasteiger partial charge is 0.331 e. The summed E-state index contributed by atoms with van der Waals surface area (Å²) in [4.78, 5) is 49.6. The van der Waals surface area contributed by atoms with E-state index in [-0.39, 0.29) is 38.2 Å². The maximum atomic E-state index is 13.4. The number of carbonyl (C=O) groups is 4. The van der Waals surface area contributed by atoms with Gasteiger partial charge in [-0.1, -0.05) is 6.92 Å². The van der Waals surface area contributed by atoms with E-state index in [1.54, 1.807) is 6.92 Å². The first-order chi connectivity index (χ1) is 22.1. The summed E-state index contributed by atoms with van der Waals surface area (Å²) in [7, 11) is 1.40. The van der Waals surface area contributed by atoms with Crippen molar-refractivity contribution in [3.8, 4) is 0 Å². The van der Waals surface area contributed by atoms with Crippen LogP contribution in [0.4, 0.5) is 0 Å². The Morgan fingerprint density at radius 3 is 2.36 bits per heavy atom. The molecule has 6 rings (SSSR count). The molecule has 0 radical (unpaired) electrons. The molecule has 0 aromatic rings. The number of fused-ring (bicyclic) bond motifs is 5. The van der Waals surface area contributed by atoms with E-state index >= 15 is 0 Å². The van der Waals surface area contributed by atoms with Crippen molar-refractivity contribution in [2.45, 2.75) is 133 Å². The molecule has 3 N–H and O–H groups in total. The molecular formula is C34H48O13. The summed E-state index contributed by atoms with van der Waals surface area (Å²) >= 11 is 0. The summed E-state index contributed by atoms with van der Waals surface area (Å²) in [6, 6.07) is 0. The zero-order chi connectivity index (χ0) is 34.1. The lowest BCUT2D eigenvalue weighted by Gasteiger charge is -2.66. The van der Waals surface area contributed by atoms with Crippen LogP contribution in [0.1, 0.15) is 79.1 Å². The van der Waals surface area contributed by atoms with Crippen molar-refractivity contribution in [3.05, 3.63) is 11.6 Å².